The van der Waals surface area contributed by atoms with Crippen LogP contribution in [0.4, 0.5) is 0 Å². The Hall–Kier alpha value is -0.900. The molecule has 0 heterocycles. The molecule has 0 saturated carbocycles. The molecule has 27 heavy (non-hydrogen) atoms. The lowest BCUT2D eigenvalue weighted by molar-refractivity contribution is 0.580. The average molecular weight is 547 g/mol. The van der Waals surface area contributed by atoms with E-state index in [-0.39, 0.29) is 5.41 Å². The van der Waals surface area contributed by atoms with Crippen molar-refractivity contribution in [3.8, 4) is 0 Å². The van der Waals surface area contributed by atoms with E-state index in [0.29, 0.717) is 5.92 Å². The van der Waals surface area contributed by atoms with Crippen LogP contribution < -0.4 is 0 Å². The Kier molecular flexibility index (Phi) is 4.42. The SMILES string of the molecule is CC12c3c(CBr)cccc3C(c3cccc(CBr)c31)c1cccc(CBr)c12. The maximum Gasteiger partial charge on any atom is 0.0441 e. The molecule has 0 amide bonds. The lowest BCUT2D eigenvalue weighted by Crippen LogP contribution is -2.42. The van der Waals surface area contributed by atoms with Crippen LogP contribution in [0.2, 0.25) is 0 Å². The molecule has 3 aromatic rings. The van der Waals surface area contributed by atoms with Crippen molar-refractivity contribution in [3.05, 3.63) is 105 Å². The van der Waals surface area contributed by atoms with Gasteiger partial charge in [0.1, 0.15) is 0 Å². The van der Waals surface area contributed by atoms with Gasteiger partial charge in [-0.3, -0.25) is 0 Å². The van der Waals surface area contributed by atoms with Gasteiger partial charge < -0.3 is 0 Å². The molecule has 0 aliphatic heterocycles. The molecule has 0 atom stereocenters. The summed E-state index contributed by atoms with van der Waals surface area (Å²) in [6.07, 6.45) is 0. The van der Waals surface area contributed by atoms with E-state index < -0.39 is 0 Å². The molecular formula is C24H19Br3. The quantitative estimate of drug-likeness (QED) is 0.298. The van der Waals surface area contributed by atoms with Gasteiger partial charge in [-0.05, 0) is 57.0 Å². The van der Waals surface area contributed by atoms with Crippen LogP contribution in [0.5, 0.6) is 0 Å². The topological polar surface area (TPSA) is 0 Å². The third kappa shape index (κ3) is 2.25. The normalized spacial score (nSPS) is 21.6. The second-order valence-electron chi connectivity index (χ2n) is 7.60. The van der Waals surface area contributed by atoms with E-state index in [1.54, 1.807) is 0 Å². The molecule has 3 aliphatic rings. The minimum Gasteiger partial charge on any atom is -0.0876 e. The fraction of sp³-hybridized carbons (Fsp3) is 0.250. The monoisotopic (exact) mass is 544 g/mol. The number of halogens is 3. The Morgan fingerprint density at radius 2 is 0.963 bits per heavy atom. The van der Waals surface area contributed by atoms with Crippen LogP contribution in [-0.4, -0.2) is 0 Å². The number of hydrogen-bond acceptors (Lipinski definition) is 0. The minimum atomic E-state index is -0.131. The zero-order chi connectivity index (χ0) is 18.8. The number of alkyl halides is 3. The summed E-state index contributed by atoms with van der Waals surface area (Å²) in [5.74, 6) is 0.323. The van der Waals surface area contributed by atoms with Crippen molar-refractivity contribution < 1.29 is 0 Å². The van der Waals surface area contributed by atoms with Crippen LogP contribution in [0.25, 0.3) is 0 Å². The van der Waals surface area contributed by atoms with E-state index in [2.05, 4.69) is 109 Å². The van der Waals surface area contributed by atoms with Gasteiger partial charge in [-0.1, -0.05) is 102 Å². The summed E-state index contributed by atoms with van der Waals surface area (Å²) < 4.78 is 0. The summed E-state index contributed by atoms with van der Waals surface area (Å²) in [5.41, 5.74) is 13.1. The Labute approximate surface area is 185 Å². The first-order chi connectivity index (χ1) is 13.2. The number of hydrogen-bond donors (Lipinski definition) is 0. The van der Waals surface area contributed by atoms with Crippen molar-refractivity contribution in [1.82, 2.24) is 0 Å². The maximum atomic E-state index is 3.76. The average Bonchev–Trinajstić information content (AvgIpc) is 2.72. The zero-order valence-corrected chi connectivity index (χ0v) is 19.8. The highest BCUT2D eigenvalue weighted by molar-refractivity contribution is 9.09. The van der Waals surface area contributed by atoms with Crippen molar-refractivity contribution in [1.29, 1.82) is 0 Å². The molecule has 0 spiro atoms. The van der Waals surface area contributed by atoms with Crippen LogP contribution in [0.1, 0.15) is 62.9 Å². The number of benzene rings is 3. The summed E-state index contributed by atoms with van der Waals surface area (Å²) in [5, 5.41) is 2.66. The largest absolute Gasteiger partial charge is 0.0876 e. The number of rotatable bonds is 3. The molecule has 136 valence electrons. The van der Waals surface area contributed by atoms with Crippen molar-refractivity contribution in [2.24, 2.45) is 0 Å². The molecule has 3 heteroatoms. The predicted octanol–water partition coefficient (Wildman–Crippen LogP) is 7.53. The molecule has 0 saturated heterocycles. The third-order valence-corrected chi connectivity index (χ3v) is 8.23. The van der Waals surface area contributed by atoms with Crippen molar-refractivity contribution in [2.75, 3.05) is 0 Å². The Bertz CT molecular complexity index is 933. The molecule has 0 aromatic heterocycles. The lowest BCUT2D eigenvalue weighted by atomic mass is 9.51. The van der Waals surface area contributed by atoms with Crippen LogP contribution in [-0.2, 0) is 21.4 Å². The second kappa shape index (κ2) is 6.57. The third-order valence-electron chi connectivity index (χ3n) is 6.41. The van der Waals surface area contributed by atoms with Gasteiger partial charge in [0, 0.05) is 27.3 Å². The molecule has 2 bridgehead atoms. The van der Waals surface area contributed by atoms with Crippen LogP contribution in [0.15, 0.2) is 54.6 Å². The Balaban J connectivity index is 2.00. The molecule has 6 rings (SSSR count). The maximum absolute atomic E-state index is 3.76. The lowest BCUT2D eigenvalue weighted by Gasteiger charge is -2.51. The molecule has 0 radical (unpaired) electrons. The minimum absolute atomic E-state index is 0.131. The smallest absolute Gasteiger partial charge is 0.0441 e. The van der Waals surface area contributed by atoms with Crippen LogP contribution in [0.3, 0.4) is 0 Å². The van der Waals surface area contributed by atoms with Gasteiger partial charge in [-0.2, -0.15) is 0 Å². The summed E-state index contributed by atoms with van der Waals surface area (Å²) in [6.45, 7) is 2.45. The predicted molar refractivity (Wildman–Crippen MR) is 124 cm³/mol. The fourth-order valence-corrected chi connectivity index (χ4v) is 7.02. The highest BCUT2D eigenvalue weighted by Gasteiger charge is 2.51. The van der Waals surface area contributed by atoms with Gasteiger partial charge in [0.15, 0.2) is 0 Å². The molecule has 0 nitrogen and oxygen atoms in total. The first-order valence-electron chi connectivity index (χ1n) is 9.21. The van der Waals surface area contributed by atoms with Crippen LogP contribution >= 0.6 is 47.8 Å². The first kappa shape index (κ1) is 18.1. The molecule has 0 fully saturated rings. The summed E-state index contributed by atoms with van der Waals surface area (Å²) >= 11 is 11.3. The Morgan fingerprint density at radius 1 is 0.630 bits per heavy atom. The molecule has 3 aliphatic carbocycles. The first-order valence-corrected chi connectivity index (χ1v) is 12.6. The van der Waals surface area contributed by atoms with E-state index in [1.165, 1.54) is 50.1 Å². The van der Waals surface area contributed by atoms with Gasteiger partial charge in [0.2, 0.25) is 0 Å². The second-order valence-corrected chi connectivity index (χ2v) is 9.29. The fourth-order valence-electron chi connectivity index (χ4n) is 5.62. The van der Waals surface area contributed by atoms with Crippen molar-refractivity contribution >= 4 is 47.8 Å². The van der Waals surface area contributed by atoms with Gasteiger partial charge >= 0.3 is 0 Å². The van der Waals surface area contributed by atoms with Crippen LogP contribution in [0, 0.1) is 0 Å². The summed E-state index contributed by atoms with van der Waals surface area (Å²) in [7, 11) is 0. The zero-order valence-electron chi connectivity index (χ0n) is 15.0. The highest BCUT2D eigenvalue weighted by atomic mass is 79.9. The summed E-state index contributed by atoms with van der Waals surface area (Å²) in [4.78, 5) is 0. The van der Waals surface area contributed by atoms with E-state index in [4.69, 9.17) is 0 Å². The summed E-state index contributed by atoms with van der Waals surface area (Å²) in [6, 6.07) is 20.6. The molecular weight excluding hydrogens is 528 g/mol. The van der Waals surface area contributed by atoms with E-state index >= 15 is 0 Å². The van der Waals surface area contributed by atoms with Gasteiger partial charge in [-0.15, -0.1) is 0 Å². The van der Waals surface area contributed by atoms with Crippen molar-refractivity contribution in [3.63, 3.8) is 0 Å². The van der Waals surface area contributed by atoms with E-state index in [0.717, 1.165) is 16.0 Å². The molecule has 0 unspecified atom stereocenters. The van der Waals surface area contributed by atoms with E-state index in [1.807, 2.05) is 0 Å². The highest BCUT2D eigenvalue weighted by Crippen LogP contribution is 2.61. The Morgan fingerprint density at radius 3 is 1.26 bits per heavy atom. The van der Waals surface area contributed by atoms with Gasteiger partial charge in [0.05, 0.1) is 0 Å². The van der Waals surface area contributed by atoms with E-state index in [9.17, 15) is 0 Å². The molecule has 3 aromatic carbocycles. The van der Waals surface area contributed by atoms with Gasteiger partial charge in [-0.25, -0.2) is 0 Å². The van der Waals surface area contributed by atoms with Gasteiger partial charge in [0.25, 0.3) is 0 Å². The molecule has 0 N–H and O–H groups in total. The standard InChI is InChI=1S/C24H19Br3/c1-24-21-14(11-25)5-2-8-17(21)20(18-9-3-6-15(12-26)22(18)24)19-10-4-7-16(13-27)23(19)24/h2-10,20H,11-13H2,1H3. The van der Waals surface area contributed by atoms with Crippen molar-refractivity contribution in [2.45, 2.75) is 34.2 Å².